The highest BCUT2D eigenvalue weighted by Gasteiger charge is 2.23. The highest BCUT2D eigenvalue weighted by molar-refractivity contribution is 5.27. The zero-order chi connectivity index (χ0) is 29.1. The highest BCUT2D eigenvalue weighted by Crippen LogP contribution is 2.19. The molecule has 0 amide bonds. The van der Waals surface area contributed by atoms with Crippen LogP contribution in [-0.2, 0) is 20.6 Å². The Labute approximate surface area is 254 Å². The van der Waals surface area contributed by atoms with E-state index >= 15 is 0 Å². The van der Waals surface area contributed by atoms with Crippen molar-refractivity contribution >= 4 is 0 Å². The van der Waals surface area contributed by atoms with Gasteiger partial charge in [0.05, 0.1) is 19.3 Å². The zero-order valence-corrected chi connectivity index (χ0v) is 27.2. The molecule has 0 bridgehead atoms. The van der Waals surface area contributed by atoms with Gasteiger partial charge in [0.25, 0.3) is 0 Å². The molecule has 0 aromatic heterocycles. The lowest BCUT2D eigenvalue weighted by atomic mass is 10.0. The minimum atomic E-state index is 0.336. The van der Waals surface area contributed by atoms with Crippen molar-refractivity contribution in [3.05, 3.63) is 29.8 Å². The summed E-state index contributed by atoms with van der Waals surface area (Å²) in [6, 6.07) is 8.55. The Morgan fingerprint density at radius 2 is 1.02 bits per heavy atom. The van der Waals surface area contributed by atoms with Crippen LogP contribution in [0, 0.1) is 0 Å². The molecule has 0 aliphatic carbocycles. The van der Waals surface area contributed by atoms with E-state index in [0.717, 1.165) is 32.2 Å². The first-order chi connectivity index (χ1) is 20.3. The number of ether oxygens (including phenoxy) is 4. The Hall–Kier alpha value is -1.10. The van der Waals surface area contributed by atoms with E-state index in [1.807, 2.05) is 0 Å². The first kappa shape index (κ1) is 36.1. The van der Waals surface area contributed by atoms with Gasteiger partial charge < -0.3 is 18.9 Å². The van der Waals surface area contributed by atoms with Crippen LogP contribution in [0.3, 0.4) is 0 Å². The maximum atomic E-state index is 5.70. The highest BCUT2D eigenvalue weighted by atomic mass is 16.6. The lowest BCUT2D eigenvalue weighted by molar-refractivity contribution is 0.125. The maximum Gasteiger partial charge on any atom is 0.119 e. The zero-order valence-electron chi connectivity index (χ0n) is 27.2. The number of rotatable bonds is 28. The molecule has 0 spiro atoms. The third-order valence-corrected chi connectivity index (χ3v) is 8.19. The van der Waals surface area contributed by atoms with E-state index in [9.17, 15) is 0 Å². The van der Waals surface area contributed by atoms with E-state index in [1.54, 1.807) is 0 Å². The number of hydrogen-bond acceptors (Lipinski definition) is 4. The quantitative estimate of drug-likeness (QED) is 0.0737. The molecular formula is C37H66O4. The summed E-state index contributed by atoms with van der Waals surface area (Å²) >= 11 is 0. The number of benzene rings is 1. The Kier molecular flexibility index (Phi) is 23.3. The van der Waals surface area contributed by atoms with Gasteiger partial charge in [0.15, 0.2) is 0 Å². The van der Waals surface area contributed by atoms with E-state index in [2.05, 4.69) is 38.1 Å². The van der Waals surface area contributed by atoms with Crippen LogP contribution in [0.5, 0.6) is 5.75 Å². The van der Waals surface area contributed by atoms with Crippen LogP contribution in [0.2, 0.25) is 0 Å². The standard InChI is InChI=1S/C19H38O2.C18H28O2/c1-2-3-4-5-10-13-16-20-17-14-11-8-6-7-9-12-15-19-18-21-19;1-2-3-4-5-6-7-8-9-16-10-12-17(13-11-16)19-14-18-15-20-18/h19H,2-18H2,1H3;10-13,18H,2-9,14-15H2,1H3. The molecule has 2 heterocycles. The SMILES string of the molecule is CCCCCCCCCc1ccc(OCC2CO2)cc1.CCCCCCCCOCCCCCCCCCC1CO1. The number of epoxide rings is 2. The third kappa shape index (κ3) is 24.1. The summed E-state index contributed by atoms with van der Waals surface area (Å²) in [5.41, 5.74) is 1.42. The first-order valence-electron chi connectivity index (χ1n) is 17.8. The molecule has 41 heavy (non-hydrogen) atoms. The molecule has 0 saturated carbocycles. The molecule has 4 nitrogen and oxygen atoms in total. The Balaban J connectivity index is 0.000000287. The van der Waals surface area contributed by atoms with Crippen molar-refractivity contribution in [3.63, 3.8) is 0 Å². The Bertz CT molecular complexity index is 668. The fourth-order valence-electron chi connectivity index (χ4n) is 5.17. The largest absolute Gasteiger partial charge is 0.491 e. The number of hydrogen-bond donors (Lipinski definition) is 0. The Morgan fingerprint density at radius 1 is 0.561 bits per heavy atom. The molecule has 238 valence electrons. The predicted molar refractivity (Wildman–Crippen MR) is 174 cm³/mol. The second-order valence-electron chi connectivity index (χ2n) is 12.4. The van der Waals surface area contributed by atoms with Gasteiger partial charge in [0.2, 0.25) is 0 Å². The van der Waals surface area contributed by atoms with E-state index in [-0.39, 0.29) is 0 Å². The molecule has 4 heteroatoms. The van der Waals surface area contributed by atoms with Crippen LogP contribution in [0.15, 0.2) is 24.3 Å². The molecule has 1 aromatic carbocycles. The predicted octanol–water partition coefficient (Wildman–Crippen LogP) is 10.6. The topological polar surface area (TPSA) is 43.5 Å². The van der Waals surface area contributed by atoms with Crippen molar-refractivity contribution in [2.45, 2.75) is 167 Å². The molecule has 2 unspecified atom stereocenters. The van der Waals surface area contributed by atoms with Gasteiger partial charge in [-0.3, -0.25) is 0 Å². The van der Waals surface area contributed by atoms with Gasteiger partial charge in [-0.05, 0) is 49.8 Å². The summed E-state index contributed by atoms with van der Waals surface area (Å²) in [6.07, 6.45) is 30.8. The molecule has 2 atom stereocenters. The van der Waals surface area contributed by atoms with Gasteiger partial charge in [-0.1, -0.05) is 135 Å². The minimum absolute atomic E-state index is 0.336. The van der Waals surface area contributed by atoms with Crippen molar-refractivity contribution in [2.24, 2.45) is 0 Å². The van der Waals surface area contributed by atoms with Gasteiger partial charge >= 0.3 is 0 Å². The number of aryl methyl sites for hydroxylation is 1. The van der Waals surface area contributed by atoms with Crippen LogP contribution in [-0.4, -0.2) is 45.2 Å². The normalized spacial score (nSPS) is 17.2. The van der Waals surface area contributed by atoms with E-state index in [1.165, 1.54) is 147 Å². The molecule has 2 aliphatic rings. The van der Waals surface area contributed by atoms with E-state index in [4.69, 9.17) is 18.9 Å². The van der Waals surface area contributed by atoms with Crippen LogP contribution in [0.25, 0.3) is 0 Å². The van der Waals surface area contributed by atoms with Crippen molar-refractivity contribution in [1.29, 1.82) is 0 Å². The molecule has 2 fully saturated rings. The molecule has 2 aliphatic heterocycles. The van der Waals surface area contributed by atoms with Crippen LogP contribution in [0.1, 0.15) is 154 Å². The fourth-order valence-corrected chi connectivity index (χ4v) is 5.17. The average molecular weight is 575 g/mol. The summed E-state index contributed by atoms with van der Waals surface area (Å²) in [6.45, 7) is 9.08. The second kappa shape index (κ2) is 26.5. The van der Waals surface area contributed by atoms with Crippen LogP contribution in [0.4, 0.5) is 0 Å². The average Bonchev–Trinajstić information content (AvgIpc) is 3.92. The summed E-state index contributed by atoms with van der Waals surface area (Å²) in [5, 5.41) is 0. The summed E-state index contributed by atoms with van der Waals surface area (Å²) < 4.78 is 21.7. The minimum Gasteiger partial charge on any atom is -0.491 e. The molecule has 0 N–H and O–H groups in total. The molecular weight excluding hydrogens is 508 g/mol. The van der Waals surface area contributed by atoms with Crippen molar-refractivity contribution in [3.8, 4) is 5.75 Å². The van der Waals surface area contributed by atoms with Crippen LogP contribution < -0.4 is 4.74 Å². The van der Waals surface area contributed by atoms with Gasteiger partial charge in [0, 0.05) is 13.2 Å². The molecule has 1 aromatic rings. The summed E-state index contributed by atoms with van der Waals surface area (Å²) in [5.74, 6) is 0.962. The lowest BCUT2D eigenvalue weighted by Gasteiger charge is -2.06. The third-order valence-electron chi connectivity index (χ3n) is 8.19. The van der Waals surface area contributed by atoms with Crippen molar-refractivity contribution < 1.29 is 18.9 Å². The molecule has 3 rings (SSSR count). The summed E-state index contributed by atoms with van der Waals surface area (Å²) in [4.78, 5) is 0. The second-order valence-corrected chi connectivity index (χ2v) is 12.4. The van der Waals surface area contributed by atoms with Gasteiger partial charge in [-0.25, -0.2) is 0 Å². The first-order valence-corrected chi connectivity index (χ1v) is 17.8. The van der Waals surface area contributed by atoms with E-state index in [0.29, 0.717) is 18.8 Å². The number of unbranched alkanes of at least 4 members (excludes halogenated alkanes) is 17. The van der Waals surface area contributed by atoms with Gasteiger partial charge in [-0.15, -0.1) is 0 Å². The molecule has 0 radical (unpaired) electrons. The fraction of sp³-hybridized carbons (Fsp3) is 0.838. The van der Waals surface area contributed by atoms with Crippen molar-refractivity contribution in [1.82, 2.24) is 0 Å². The van der Waals surface area contributed by atoms with Crippen LogP contribution >= 0.6 is 0 Å². The monoisotopic (exact) mass is 574 g/mol. The lowest BCUT2D eigenvalue weighted by Crippen LogP contribution is -2.03. The van der Waals surface area contributed by atoms with E-state index < -0.39 is 0 Å². The van der Waals surface area contributed by atoms with Gasteiger partial charge in [0.1, 0.15) is 18.5 Å². The maximum absolute atomic E-state index is 5.70. The smallest absolute Gasteiger partial charge is 0.119 e. The van der Waals surface area contributed by atoms with Gasteiger partial charge in [-0.2, -0.15) is 0 Å². The summed E-state index contributed by atoms with van der Waals surface area (Å²) in [7, 11) is 0. The Morgan fingerprint density at radius 3 is 1.54 bits per heavy atom. The van der Waals surface area contributed by atoms with Crippen molar-refractivity contribution in [2.75, 3.05) is 33.0 Å². The molecule has 2 saturated heterocycles.